The van der Waals surface area contributed by atoms with Crippen molar-refractivity contribution in [2.24, 2.45) is 0 Å². The number of hydrogen-bond donors (Lipinski definition) is 2. The van der Waals surface area contributed by atoms with E-state index in [-0.39, 0.29) is 11.1 Å². The zero-order valence-electron chi connectivity index (χ0n) is 16.6. The van der Waals surface area contributed by atoms with Crippen molar-refractivity contribution in [3.8, 4) is 0 Å². The molecule has 0 aromatic heterocycles. The van der Waals surface area contributed by atoms with Crippen molar-refractivity contribution >= 4 is 34.7 Å². The molecule has 0 aliphatic heterocycles. The molecule has 0 atom stereocenters. The largest absolute Gasteiger partial charge is 0.386 e. The number of benzene rings is 4. The van der Waals surface area contributed by atoms with Gasteiger partial charge in [-0.05, 0) is 48.5 Å². The molecule has 4 aromatic carbocycles. The molecule has 0 radical (unpaired) electrons. The fourth-order valence-electron chi connectivity index (χ4n) is 3.09. The molecule has 2 N–H and O–H groups in total. The van der Waals surface area contributed by atoms with E-state index in [9.17, 15) is 9.59 Å². The van der Waals surface area contributed by atoms with Crippen molar-refractivity contribution in [2.45, 2.75) is 0 Å². The van der Waals surface area contributed by atoms with Gasteiger partial charge < -0.3 is 15.4 Å². The van der Waals surface area contributed by atoms with E-state index in [0.29, 0.717) is 11.4 Å². The molecule has 0 aliphatic carbocycles. The third kappa shape index (κ3) is 4.97. The summed E-state index contributed by atoms with van der Waals surface area (Å²) in [5, 5.41) is 6.37. The first-order valence-electron chi connectivity index (χ1n) is 9.79. The molecule has 152 valence electrons. The Balaban J connectivity index is 1.53. The van der Waals surface area contributed by atoms with Crippen molar-refractivity contribution in [3.63, 3.8) is 0 Å². The van der Waals surface area contributed by atoms with Gasteiger partial charge in [0.25, 0.3) is 0 Å². The quantitative estimate of drug-likeness (QED) is 0.295. The standard InChI is InChI=1S/C26H20N2O3/c29-25(21-15-7-9-17-23(21)27-19-11-3-1-4-12-19)31-26(30)22-16-8-10-18-24(22)28-20-13-5-2-6-14-20/h1-18,27-28H. The van der Waals surface area contributed by atoms with E-state index in [1.54, 1.807) is 36.4 Å². The molecule has 5 heteroatoms. The van der Waals surface area contributed by atoms with Gasteiger partial charge in [-0.3, -0.25) is 0 Å². The molecule has 0 aliphatic rings. The van der Waals surface area contributed by atoms with Gasteiger partial charge in [-0.1, -0.05) is 60.7 Å². The number of esters is 2. The van der Waals surface area contributed by atoms with Gasteiger partial charge in [-0.2, -0.15) is 0 Å². The van der Waals surface area contributed by atoms with Crippen molar-refractivity contribution in [3.05, 3.63) is 120 Å². The monoisotopic (exact) mass is 408 g/mol. The summed E-state index contributed by atoms with van der Waals surface area (Å²) in [7, 11) is 0. The number of ether oxygens (including phenoxy) is 1. The van der Waals surface area contributed by atoms with Crippen LogP contribution in [-0.4, -0.2) is 11.9 Å². The number of para-hydroxylation sites is 4. The number of anilines is 4. The summed E-state index contributed by atoms with van der Waals surface area (Å²) in [5.74, 6) is -1.45. The summed E-state index contributed by atoms with van der Waals surface area (Å²) in [4.78, 5) is 25.6. The lowest BCUT2D eigenvalue weighted by molar-refractivity contribution is 0.0399. The second kappa shape index (κ2) is 9.41. The molecule has 4 rings (SSSR count). The lowest BCUT2D eigenvalue weighted by atomic mass is 10.1. The summed E-state index contributed by atoms with van der Waals surface area (Å²) in [6.07, 6.45) is 0. The fourth-order valence-corrected chi connectivity index (χ4v) is 3.09. The molecule has 0 saturated carbocycles. The summed E-state index contributed by atoms with van der Waals surface area (Å²) in [5.41, 5.74) is 3.31. The fraction of sp³-hybridized carbons (Fsp3) is 0. The number of nitrogens with one attached hydrogen (secondary N) is 2. The van der Waals surface area contributed by atoms with Crippen LogP contribution in [0.5, 0.6) is 0 Å². The molecule has 0 fully saturated rings. The third-order valence-electron chi connectivity index (χ3n) is 4.58. The highest BCUT2D eigenvalue weighted by molar-refractivity contribution is 6.07. The van der Waals surface area contributed by atoms with Crippen molar-refractivity contribution in [1.29, 1.82) is 0 Å². The van der Waals surface area contributed by atoms with Gasteiger partial charge in [0, 0.05) is 11.4 Å². The van der Waals surface area contributed by atoms with E-state index in [4.69, 9.17) is 4.74 Å². The second-order valence-electron chi connectivity index (χ2n) is 6.75. The van der Waals surface area contributed by atoms with E-state index in [1.807, 2.05) is 72.8 Å². The third-order valence-corrected chi connectivity index (χ3v) is 4.58. The van der Waals surface area contributed by atoms with Crippen LogP contribution < -0.4 is 10.6 Å². The second-order valence-corrected chi connectivity index (χ2v) is 6.75. The Bertz CT molecular complexity index is 1100. The maximum atomic E-state index is 12.8. The van der Waals surface area contributed by atoms with E-state index in [2.05, 4.69) is 10.6 Å². The van der Waals surface area contributed by atoms with E-state index < -0.39 is 11.9 Å². The Morgan fingerprint density at radius 3 is 1.26 bits per heavy atom. The average Bonchev–Trinajstić information content (AvgIpc) is 2.81. The SMILES string of the molecule is O=C(OC(=O)c1ccccc1Nc1ccccc1)c1ccccc1Nc1ccccc1. The van der Waals surface area contributed by atoms with Gasteiger partial charge in [0.2, 0.25) is 0 Å². The molecule has 0 heterocycles. The van der Waals surface area contributed by atoms with Gasteiger partial charge in [0.05, 0.1) is 22.5 Å². The Morgan fingerprint density at radius 1 is 0.484 bits per heavy atom. The smallest absolute Gasteiger partial charge is 0.348 e. The summed E-state index contributed by atoms with van der Waals surface area (Å²) >= 11 is 0. The van der Waals surface area contributed by atoms with Crippen LogP contribution in [0.4, 0.5) is 22.7 Å². The zero-order valence-corrected chi connectivity index (χ0v) is 16.6. The molecule has 0 saturated heterocycles. The minimum Gasteiger partial charge on any atom is -0.386 e. The topological polar surface area (TPSA) is 67.4 Å². The summed E-state index contributed by atoms with van der Waals surface area (Å²) < 4.78 is 5.22. The van der Waals surface area contributed by atoms with Gasteiger partial charge in [-0.15, -0.1) is 0 Å². The van der Waals surface area contributed by atoms with Gasteiger partial charge >= 0.3 is 11.9 Å². The van der Waals surface area contributed by atoms with E-state index in [0.717, 1.165) is 11.4 Å². The van der Waals surface area contributed by atoms with Gasteiger partial charge in [0.15, 0.2) is 0 Å². The summed E-state index contributed by atoms with van der Waals surface area (Å²) in [6.45, 7) is 0. The van der Waals surface area contributed by atoms with Crippen LogP contribution >= 0.6 is 0 Å². The number of hydrogen-bond acceptors (Lipinski definition) is 5. The molecule has 0 unspecified atom stereocenters. The molecular formula is C26H20N2O3. The van der Waals surface area contributed by atoms with Crippen LogP contribution in [-0.2, 0) is 4.74 Å². The normalized spacial score (nSPS) is 10.2. The van der Waals surface area contributed by atoms with Crippen LogP contribution in [0.15, 0.2) is 109 Å². The molecule has 31 heavy (non-hydrogen) atoms. The Kier molecular flexibility index (Phi) is 6.05. The van der Waals surface area contributed by atoms with Gasteiger partial charge in [-0.25, -0.2) is 9.59 Å². The highest BCUT2D eigenvalue weighted by Crippen LogP contribution is 2.24. The van der Waals surface area contributed by atoms with Crippen molar-refractivity contribution in [1.82, 2.24) is 0 Å². The minimum absolute atomic E-state index is 0.271. The Hall–Kier alpha value is -4.38. The zero-order chi connectivity index (χ0) is 21.5. The first kappa shape index (κ1) is 19.9. The lowest BCUT2D eigenvalue weighted by Gasteiger charge is -2.13. The number of rotatable bonds is 6. The highest BCUT2D eigenvalue weighted by atomic mass is 16.6. The van der Waals surface area contributed by atoms with E-state index >= 15 is 0 Å². The van der Waals surface area contributed by atoms with Crippen molar-refractivity contribution in [2.75, 3.05) is 10.6 Å². The number of carbonyl (C=O) groups excluding carboxylic acids is 2. The molecule has 0 spiro atoms. The van der Waals surface area contributed by atoms with Crippen LogP contribution in [0.2, 0.25) is 0 Å². The first-order chi connectivity index (χ1) is 15.2. The molecule has 5 nitrogen and oxygen atoms in total. The molecule has 4 aromatic rings. The highest BCUT2D eigenvalue weighted by Gasteiger charge is 2.20. The summed E-state index contributed by atoms with van der Waals surface area (Å²) in [6, 6.07) is 32.8. The minimum atomic E-state index is -0.724. The lowest BCUT2D eigenvalue weighted by Crippen LogP contribution is -2.15. The van der Waals surface area contributed by atoms with E-state index in [1.165, 1.54) is 0 Å². The van der Waals surface area contributed by atoms with Crippen LogP contribution in [0.1, 0.15) is 20.7 Å². The van der Waals surface area contributed by atoms with Gasteiger partial charge in [0.1, 0.15) is 0 Å². The molecule has 0 amide bonds. The maximum absolute atomic E-state index is 12.8. The maximum Gasteiger partial charge on any atom is 0.348 e. The predicted molar refractivity (Wildman–Crippen MR) is 122 cm³/mol. The first-order valence-corrected chi connectivity index (χ1v) is 9.79. The van der Waals surface area contributed by atoms with Crippen LogP contribution in [0.25, 0.3) is 0 Å². The van der Waals surface area contributed by atoms with Crippen molar-refractivity contribution < 1.29 is 14.3 Å². The average molecular weight is 408 g/mol. The number of carbonyl (C=O) groups is 2. The van der Waals surface area contributed by atoms with Crippen LogP contribution in [0.3, 0.4) is 0 Å². The predicted octanol–water partition coefficient (Wildman–Crippen LogP) is 6.17. The molecular weight excluding hydrogens is 388 g/mol. The Labute approximate surface area is 180 Å². The Morgan fingerprint density at radius 2 is 0.839 bits per heavy atom. The van der Waals surface area contributed by atoms with Crippen LogP contribution in [0, 0.1) is 0 Å². The molecule has 0 bridgehead atoms.